The van der Waals surface area contributed by atoms with Crippen molar-refractivity contribution in [1.29, 1.82) is 0 Å². The summed E-state index contributed by atoms with van der Waals surface area (Å²) in [5.74, 6) is 0.830. The minimum atomic E-state index is 0.00111. The molecule has 0 saturated carbocycles. The maximum Gasteiger partial charge on any atom is 0.327 e. The molecule has 1 aromatic carbocycles. The van der Waals surface area contributed by atoms with Gasteiger partial charge >= 0.3 is 5.69 Å². The second kappa shape index (κ2) is 7.13. The molecule has 0 aliphatic rings. The Bertz CT molecular complexity index is 630. The molecule has 0 aliphatic carbocycles. The zero-order valence-electron chi connectivity index (χ0n) is 12.9. The average molecular weight is 289 g/mol. The average Bonchev–Trinajstić information content (AvgIpc) is 2.83. The molecule has 2 rings (SSSR count). The van der Waals surface area contributed by atoms with Crippen LogP contribution >= 0.6 is 0 Å². The van der Waals surface area contributed by atoms with Crippen molar-refractivity contribution >= 4 is 0 Å². The van der Waals surface area contributed by atoms with Gasteiger partial charge in [0.05, 0.1) is 13.2 Å². The molecule has 0 saturated heterocycles. The van der Waals surface area contributed by atoms with E-state index in [4.69, 9.17) is 4.74 Å². The number of rotatable bonds is 7. The third kappa shape index (κ3) is 3.76. The predicted octanol–water partition coefficient (Wildman–Crippen LogP) is 1.94. The standard InChI is InChI=1S/C16H23N3O2/c1-4-8-17-15(12-19-10-9-18(2)16(19)20)13-6-5-7-14(11-13)21-3/h5-7,9-11,15,17H,4,8,12H2,1-3H3. The van der Waals surface area contributed by atoms with E-state index in [1.165, 1.54) is 0 Å². The van der Waals surface area contributed by atoms with Crippen molar-refractivity contribution in [3.05, 3.63) is 52.7 Å². The summed E-state index contributed by atoms with van der Waals surface area (Å²) in [5.41, 5.74) is 1.12. The van der Waals surface area contributed by atoms with Gasteiger partial charge in [0.25, 0.3) is 0 Å². The molecule has 0 spiro atoms. The molecular weight excluding hydrogens is 266 g/mol. The van der Waals surface area contributed by atoms with Crippen LogP contribution in [0.4, 0.5) is 0 Å². The van der Waals surface area contributed by atoms with Crippen LogP contribution in [0, 0.1) is 0 Å². The highest BCUT2D eigenvalue weighted by Gasteiger charge is 2.13. The van der Waals surface area contributed by atoms with Crippen LogP contribution in [0.2, 0.25) is 0 Å². The molecular formula is C16H23N3O2. The van der Waals surface area contributed by atoms with Crippen LogP contribution < -0.4 is 15.7 Å². The number of aryl methyl sites for hydroxylation is 1. The van der Waals surface area contributed by atoms with Crippen molar-refractivity contribution in [3.63, 3.8) is 0 Å². The molecule has 5 nitrogen and oxygen atoms in total. The fourth-order valence-corrected chi connectivity index (χ4v) is 2.31. The number of nitrogens with zero attached hydrogens (tertiary/aromatic N) is 2. The first-order chi connectivity index (χ1) is 10.2. The van der Waals surface area contributed by atoms with Gasteiger partial charge in [0.1, 0.15) is 5.75 Å². The van der Waals surface area contributed by atoms with Gasteiger partial charge in [-0.1, -0.05) is 19.1 Å². The largest absolute Gasteiger partial charge is 0.497 e. The third-order valence-electron chi connectivity index (χ3n) is 3.53. The van der Waals surface area contributed by atoms with Gasteiger partial charge in [0, 0.05) is 26.0 Å². The van der Waals surface area contributed by atoms with E-state index in [9.17, 15) is 4.79 Å². The van der Waals surface area contributed by atoms with Crippen LogP contribution in [0.1, 0.15) is 24.9 Å². The second-order valence-electron chi connectivity index (χ2n) is 5.13. The number of ether oxygens (including phenoxy) is 1. The normalized spacial score (nSPS) is 12.3. The van der Waals surface area contributed by atoms with Crippen LogP contribution in [0.5, 0.6) is 5.75 Å². The summed E-state index contributed by atoms with van der Waals surface area (Å²) in [4.78, 5) is 12.0. The number of imidazole rings is 1. The number of hydrogen-bond acceptors (Lipinski definition) is 3. The number of benzene rings is 1. The molecule has 1 aromatic heterocycles. The van der Waals surface area contributed by atoms with E-state index in [0.717, 1.165) is 24.3 Å². The number of nitrogens with one attached hydrogen (secondary N) is 1. The highest BCUT2D eigenvalue weighted by molar-refractivity contribution is 5.30. The van der Waals surface area contributed by atoms with Gasteiger partial charge in [-0.15, -0.1) is 0 Å². The third-order valence-corrected chi connectivity index (χ3v) is 3.53. The number of aromatic nitrogens is 2. The Hall–Kier alpha value is -2.01. The molecule has 0 radical (unpaired) electrons. The molecule has 5 heteroatoms. The summed E-state index contributed by atoms with van der Waals surface area (Å²) in [5, 5.41) is 3.50. The van der Waals surface area contributed by atoms with E-state index < -0.39 is 0 Å². The zero-order valence-corrected chi connectivity index (χ0v) is 12.9. The maximum atomic E-state index is 12.0. The van der Waals surface area contributed by atoms with E-state index >= 15 is 0 Å². The molecule has 0 amide bonds. The quantitative estimate of drug-likeness (QED) is 0.847. The fourth-order valence-electron chi connectivity index (χ4n) is 2.31. The van der Waals surface area contributed by atoms with E-state index in [2.05, 4.69) is 18.3 Å². The van der Waals surface area contributed by atoms with Gasteiger partial charge in [-0.25, -0.2) is 4.79 Å². The topological polar surface area (TPSA) is 48.2 Å². The Labute approximate surface area is 125 Å². The Morgan fingerprint density at radius 1 is 1.33 bits per heavy atom. The molecule has 21 heavy (non-hydrogen) atoms. The maximum absolute atomic E-state index is 12.0. The minimum Gasteiger partial charge on any atom is -0.497 e. The molecule has 2 aromatic rings. The van der Waals surface area contributed by atoms with Gasteiger partial charge in [-0.3, -0.25) is 4.57 Å². The van der Waals surface area contributed by atoms with E-state index in [-0.39, 0.29) is 11.7 Å². The van der Waals surface area contributed by atoms with Crippen LogP contribution in [0.3, 0.4) is 0 Å². The summed E-state index contributed by atoms with van der Waals surface area (Å²) >= 11 is 0. The van der Waals surface area contributed by atoms with Gasteiger partial charge in [-0.05, 0) is 30.7 Å². The van der Waals surface area contributed by atoms with Crippen molar-refractivity contribution in [1.82, 2.24) is 14.5 Å². The predicted molar refractivity (Wildman–Crippen MR) is 83.7 cm³/mol. The van der Waals surface area contributed by atoms with Gasteiger partial charge in [0.15, 0.2) is 0 Å². The highest BCUT2D eigenvalue weighted by atomic mass is 16.5. The summed E-state index contributed by atoms with van der Waals surface area (Å²) in [6.45, 7) is 3.64. The first kappa shape index (κ1) is 15.4. The fraction of sp³-hybridized carbons (Fsp3) is 0.438. The molecule has 1 heterocycles. The monoisotopic (exact) mass is 289 g/mol. The van der Waals surface area contributed by atoms with Crippen molar-refractivity contribution in [2.24, 2.45) is 7.05 Å². The molecule has 0 fully saturated rings. The number of methoxy groups -OCH3 is 1. The lowest BCUT2D eigenvalue weighted by atomic mass is 10.1. The van der Waals surface area contributed by atoms with Crippen molar-refractivity contribution in [2.75, 3.05) is 13.7 Å². The van der Waals surface area contributed by atoms with Crippen molar-refractivity contribution in [3.8, 4) is 5.75 Å². The number of hydrogen-bond donors (Lipinski definition) is 1. The van der Waals surface area contributed by atoms with Crippen LogP contribution in [-0.4, -0.2) is 22.8 Å². The molecule has 1 atom stereocenters. The van der Waals surface area contributed by atoms with Gasteiger partial charge in [0.2, 0.25) is 0 Å². The van der Waals surface area contributed by atoms with E-state index in [1.807, 2.05) is 24.4 Å². The first-order valence-electron chi connectivity index (χ1n) is 7.24. The summed E-state index contributed by atoms with van der Waals surface area (Å²) in [7, 11) is 3.42. The molecule has 114 valence electrons. The Morgan fingerprint density at radius 3 is 2.76 bits per heavy atom. The molecule has 0 bridgehead atoms. The summed E-state index contributed by atoms with van der Waals surface area (Å²) < 4.78 is 8.60. The first-order valence-corrected chi connectivity index (χ1v) is 7.24. The smallest absolute Gasteiger partial charge is 0.327 e. The van der Waals surface area contributed by atoms with E-state index in [1.54, 1.807) is 29.5 Å². The van der Waals surface area contributed by atoms with Crippen molar-refractivity contribution < 1.29 is 4.74 Å². The van der Waals surface area contributed by atoms with Gasteiger partial charge in [-0.2, -0.15) is 0 Å². The Balaban J connectivity index is 2.24. The molecule has 1 N–H and O–H groups in total. The second-order valence-corrected chi connectivity index (χ2v) is 5.13. The van der Waals surface area contributed by atoms with Crippen LogP contribution in [0.15, 0.2) is 41.5 Å². The minimum absolute atomic E-state index is 0.00111. The molecule has 1 unspecified atom stereocenters. The molecule has 0 aliphatic heterocycles. The Kier molecular flexibility index (Phi) is 5.22. The lowest BCUT2D eigenvalue weighted by Crippen LogP contribution is -2.31. The lowest BCUT2D eigenvalue weighted by molar-refractivity contribution is 0.410. The van der Waals surface area contributed by atoms with E-state index in [0.29, 0.717) is 6.54 Å². The van der Waals surface area contributed by atoms with Crippen LogP contribution in [-0.2, 0) is 13.6 Å². The lowest BCUT2D eigenvalue weighted by Gasteiger charge is -2.19. The summed E-state index contributed by atoms with van der Waals surface area (Å²) in [6, 6.07) is 8.06. The van der Waals surface area contributed by atoms with Crippen molar-refractivity contribution in [2.45, 2.75) is 25.9 Å². The highest BCUT2D eigenvalue weighted by Crippen LogP contribution is 2.20. The Morgan fingerprint density at radius 2 is 2.14 bits per heavy atom. The van der Waals surface area contributed by atoms with Gasteiger partial charge < -0.3 is 14.6 Å². The zero-order chi connectivity index (χ0) is 15.2. The summed E-state index contributed by atoms with van der Waals surface area (Å²) in [6.07, 6.45) is 4.65. The SMILES string of the molecule is CCCNC(Cn1ccn(C)c1=O)c1cccc(OC)c1. The van der Waals surface area contributed by atoms with Crippen LogP contribution in [0.25, 0.3) is 0 Å².